The van der Waals surface area contributed by atoms with E-state index in [0.29, 0.717) is 18.0 Å². The second-order valence-electron chi connectivity index (χ2n) is 5.18. The van der Waals surface area contributed by atoms with E-state index in [4.69, 9.17) is 16.3 Å². The van der Waals surface area contributed by atoms with Gasteiger partial charge in [-0.05, 0) is 38.8 Å². The Labute approximate surface area is 138 Å². The lowest BCUT2D eigenvalue weighted by Gasteiger charge is -2.11. The van der Waals surface area contributed by atoms with Crippen molar-refractivity contribution in [3.63, 3.8) is 0 Å². The summed E-state index contributed by atoms with van der Waals surface area (Å²) in [5.74, 6) is 0.243. The summed E-state index contributed by atoms with van der Waals surface area (Å²) in [5, 5.41) is 3.29. The summed E-state index contributed by atoms with van der Waals surface area (Å²) in [7, 11) is 1.39. The van der Waals surface area contributed by atoms with E-state index in [1.807, 2.05) is 24.3 Å². The van der Waals surface area contributed by atoms with Gasteiger partial charge in [-0.25, -0.2) is 4.79 Å². The van der Waals surface area contributed by atoms with Gasteiger partial charge in [-0.2, -0.15) is 0 Å². The number of anilines is 1. The smallest absolute Gasteiger partial charge is 0.339 e. The minimum Gasteiger partial charge on any atom is -0.465 e. The lowest BCUT2D eigenvalue weighted by Crippen LogP contribution is -2.09. The number of benzene rings is 1. The molecule has 0 heterocycles. The van der Waals surface area contributed by atoms with Gasteiger partial charge >= 0.3 is 5.97 Å². The number of allylic oxidation sites excluding steroid dienone is 3. The van der Waals surface area contributed by atoms with Gasteiger partial charge in [0.05, 0.1) is 12.7 Å². The minimum atomic E-state index is -0.327. The van der Waals surface area contributed by atoms with E-state index in [1.54, 1.807) is 6.07 Å². The Hall–Kier alpha value is -1.74. The Kier molecular flexibility index (Phi) is 8.38. The van der Waals surface area contributed by atoms with E-state index in [2.05, 4.69) is 25.2 Å². The predicted molar refractivity (Wildman–Crippen MR) is 93.7 cm³/mol. The summed E-state index contributed by atoms with van der Waals surface area (Å²) in [6, 6.07) is 7.36. The summed E-state index contributed by atoms with van der Waals surface area (Å²) < 4.78 is 4.79. The van der Waals surface area contributed by atoms with Crippen LogP contribution in [0.2, 0.25) is 0 Å². The van der Waals surface area contributed by atoms with Crippen LogP contribution in [-0.4, -0.2) is 25.5 Å². The van der Waals surface area contributed by atoms with Gasteiger partial charge < -0.3 is 10.1 Å². The van der Waals surface area contributed by atoms with Gasteiger partial charge in [-0.15, -0.1) is 11.6 Å². The molecule has 1 rings (SSSR count). The highest BCUT2D eigenvalue weighted by molar-refractivity contribution is 6.18. The molecule has 4 heteroatoms. The van der Waals surface area contributed by atoms with Crippen molar-refractivity contribution in [2.24, 2.45) is 0 Å². The maximum absolute atomic E-state index is 11.7. The average molecular weight is 322 g/mol. The molecule has 1 aromatic carbocycles. The van der Waals surface area contributed by atoms with Crippen LogP contribution in [0.5, 0.6) is 0 Å². The van der Waals surface area contributed by atoms with Gasteiger partial charge in [-0.1, -0.05) is 35.4 Å². The molecule has 0 saturated carbocycles. The largest absolute Gasteiger partial charge is 0.465 e. The molecule has 0 aliphatic carbocycles. The van der Waals surface area contributed by atoms with Crippen LogP contribution in [0.1, 0.15) is 37.0 Å². The Morgan fingerprint density at radius 3 is 2.64 bits per heavy atom. The molecule has 1 aromatic rings. The third kappa shape index (κ3) is 6.35. The molecule has 0 radical (unpaired) electrons. The molecule has 0 atom stereocenters. The number of nitrogens with one attached hydrogen (secondary N) is 1. The van der Waals surface area contributed by atoms with Crippen molar-refractivity contribution in [2.75, 3.05) is 24.9 Å². The van der Waals surface area contributed by atoms with Gasteiger partial charge in [0.2, 0.25) is 0 Å². The van der Waals surface area contributed by atoms with E-state index < -0.39 is 0 Å². The third-order valence-corrected chi connectivity index (χ3v) is 3.50. The van der Waals surface area contributed by atoms with Crippen LogP contribution >= 0.6 is 11.6 Å². The summed E-state index contributed by atoms with van der Waals surface area (Å²) in [6.45, 7) is 4.87. The van der Waals surface area contributed by atoms with E-state index >= 15 is 0 Å². The Morgan fingerprint density at radius 1 is 1.23 bits per heavy atom. The number of carbonyl (C=O) groups excluding carboxylic acids is 1. The first kappa shape index (κ1) is 18.3. The Balaban J connectivity index is 2.55. The Morgan fingerprint density at radius 2 is 1.95 bits per heavy atom. The molecule has 1 N–H and O–H groups in total. The number of halogens is 1. The fourth-order valence-corrected chi connectivity index (χ4v) is 2.28. The molecule has 0 amide bonds. The van der Waals surface area contributed by atoms with Gasteiger partial charge in [-0.3, -0.25) is 0 Å². The molecular weight excluding hydrogens is 298 g/mol. The molecular formula is C18H24ClNO2. The topological polar surface area (TPSA) is 38.3 Å². The molecule has 0 unspecified atom stereocenters. The second kappa shape index (κ2) is 10.1. The highest BCUT2D eigenvalue weighted by Crippen LogP contribution is 2.16. The predicted octanol–water partition coefficient (Wildman–Crippen LogP) is 4.80. The molecule has 3 nitrogen and oxygen atoms in total. The molecule has 0 fully saturated rings. The van der Waals surface area contributed by atoms with Crippen LogP contribution in [0.15, 0.2) is 47.6 Å². The highest BCUT2D eigenvalue weighted by Gasteiger charge is 2.10. The number of alkyl halides is 1. The number of ether oxygens (including phenoxy) is 1. The number of para-hydroxylation sites is 1. The molecule has 0 saturated heterocycles. The van der Waals surface area contributed by atoms with Crippen molar-refractivity contribution in [2.45, 2.75) is 26.7 Å². The van der Waals surface area contributed by atoms with Gasteiger partial charge in [0.25, 0.3) is 0 Å². The third-order valence-electron chi connectivity index (χ3n) is 3.35. The van der Waals surface area contributed by atoms with Gasteiger partial charge in [0.15, 0.2) is 0 Å². The minimum absolute atomic E-state index is 0.327. The Bertz CT molecular complexity index is 550. The molecule has 0 aliphatic rings. The van der Waals surface area contributed by atoms with Crippen molar-refractivity contribution in [1.29, 1.82) is 0 Å². The molecule has 22 heavy (non-hydrogen) atoms. The lowest BCUT2D eigenvalue weighted by molar-refractivity contribution is 0.0602. The van der Waals surface area contributed by atoms with E-state index in [0.717, 1.165) is 18.5 Å². The zero-order valence-electron chi connectivity index (χ0n) is 13.5. The average Bonchev–Trinajstić information content (AvgIpc) is 2.52. The first-order valence-electron chi connectivity index (χ1n) is 7.37. The summed E-state index contributed by atoms with van der Waals surface area (Å²) in [5.41, 5.74) is 3.89. The van der Waals surface area contributed by atoms with Crippen LogP contribution in [-0.2, 0) is 4.74 Å². The number of rotatable bonds is 8. The lowest BCUT2D eigenvalue weighted by atomic mass is 10.1. The van der Waals surface area contributed by atoms with Crippen molar-refractivity contribution >= 4 is 23.3 Å². The number of hydrogen-bond acceptors (Lipinski definition) is 3. The monoisotopic (exact) mass is 321 g/mol. The van der Waals surface area contributed by atoms with E-state index in [1.165, 1.54) is 18.3 Å². The van der Waals surface area contributed by atoms with Crippen molar-refractivity contribution in [3.8, 4) is 0 Å². The first-order chi connectivity index (χ1) is 10.6. The second-order valence-corrected chi connectivity index (χ2v) is 5.49. The van der Waals surface area contributed by atoms with E-state index in [-0.39, 0.29) is 5.97 Å². The quantitative estimate of drug-likeness (QED) is 0.425. The SMILES string of the molecule is COC(=O)c1ccccc1NC/C(C)=C/CC/C(C)=C/CCl. The van der Waals surface area contributed by atoms with Crippen LogP contribution < -0.4 is 5.32 Å². The fraction of sp³-hybridized carbons (Fsp3) is 0.389. The highest BCUT2D eigenvalue weighted by atomic mass is 35.5. The van der Waals surface area contributed by atoms with Crippen molar-refractivity contribution < 1.29 is 9.53 Å². The van der Waals surface area contributed by atoms with Crippen LogP contribution in [0.25, 0.3) is 0 Å². The molecule has 0 bridgehead atoms. The van der Waals surface area contributed by atoms with Crippen molar-refractivity contribution in [1.82, 2.24) is 0 Å². The summed E-state index contributed by atoms with van der Waals surface area (Å²) in [6.07, 6.45) is 6.25. The maximum atomic E-state index is 11.7. The number of methoxy groups -OCH3 is 1. The summed E-state index contributed by atoms with van der Waals surface area (Å²) >= 11 is 5.67. The van der Waals surface area contributed by atoms with Crippen molar-refractivity contribution in [3.05, 3.63) is 53.1 Å². The standard InChI is InChI=1S/C18H24ClNO2/c1-14(11-12-19)7-6-8-15(2)13-20-17-10-5-4-9-16(17)18(21)22-3/h4-5,8-11,20H,6-7,12-13H2,1-3H3/b14-11+,15-8+. The maximum Gasteiger partial charge on any atom is 0.339 e. The normalized spacial score (nSPS) is 12.2. The zero-order chi connectivity index (χ0) is 16.4. The fourth-order valence-electron chi connectivity index (χ4n) is 2.01. The van der Waals surface area contributed by atoms with Gasteiger partial charge in [0.1, 0.15) is 0 Å². The van der Waals surface area contributed by atoms with Crippen LogP contribution in [0.3, 0.4) is 0 Å². The van der Waals surface area contributed by atoms with E-state index in [9.17, 15) is 4.79 Å². The molecule has 0 spiro atoms. The number of carbonyl (C=O) groups is 1. The molecule has 120 valence electrons. The zero-order valence-corrected chi connectivity index (χ0v) is 14.2. The molecule has 0 aliphatic heterocycles. The number of hydrogen-bond donors (Lipinski definition) is 1. The molecule has 0 aromatic heterocycles. The van der Waals surface area contributed by atoms with Gasteiger partial charge in [0, 0.05) is 18.1 Å². The van der Waals surface area contributed by atoms with Crippen LogP contribution in [0.4, 0.5) is 5.69 Å². The first-order valence-corrected chi connectivity index (χ1v) is 7.90. The summed E-state index contributed by atoms with van der Waals surface area (Å²) in [4.78, 5) is 11.7. The van der Waals surface area contributed by atoms with Crippen LogP contribution in [0, 0.1) is 0 Å². The number of esters is 1.